The Labute approximate surface area is 139 Å². The van der Waals surface area contributed by atoms with Gasteiger partial charge in [0.05, 0.1) is 6.61 Å². The lowest BCUT2D eigenvalue weighted by molar-refractivity contribution is -0.114. The Morgan fingerprint density at radius 2 is 1.83 bits per heavy atom. The molecule has 0 saturated heterocycles. The van der Waals surface area contributed by atoms with Crippen LogP contribution in [0.1, 0.15) is 29.8 Å². The van der Waals surface area contributed by atoms with Crippen LogP contribution >= 0.6 is 0 Å². The predicted molar refractivity (Wildman–Crippen MR) is 89.5 cm³/mol. The second kappa shape index (κ2) is 8.10. The van der Waals surface area contributed by atoms with E-state index in [-0.39, 0.29) is 24.1 Å². The summed E-state index contributed by atoms with van der Waals surface area (Å²) in [5.74, 6) is -0.715. The van der Waals surface area contributed by atoms with Gasteiger partial charge in [0.1, 0.15) is 0 Å². The molecule has 6 heteroatoms. The average Bonchev–Trinajstić information content (AvgIpc) is 2.55. The molecule has 24 heavy (non-hydrogen) atoms. The number of anilines is 1. The molecule has 2 amide bonds. The van der Waals surface area contributed by atoms with Gasteiger partial charge in [-0.25, -0.2) is 4.39 Å². The first-order valence-electron chi connectivity index (χ1n) is 7.56. The highest BCUT2D eigenvalue weighted by Crippen LogP contribution is 2.18. The van der Waals surface area contributed by atoms with Crippen LogP contribution in [0.4, 0.5) is 10.1 Å². The maximum Gasteiger partial charge on any atom is 0.251 e. The molecule has 2 N–H and O–H groups in total. The van der Waals surface area contributed by atoms with E-state index >= 15 is 0 Å². The van der Waals surface area contributed by atoms with E-state index in [4.69, 9.17) is 4.74 Å². The van der Waals surface area contributed by atoms with Gasteiger partial charge in [-0.1, -0.05) is 6.07 Å². The van der Waals surface area contributed by atoms with Gasteiger partial charge < -0.3 is 15.4 Å². The number of ether oxygens (including phenoxy) is 1. The highest BCUT2D eigenvalue weighted by atomic mass is 19.1. The Hall–Kier alpha value is -2.89. The molecule has 0 aliphatic heterocycles. The Morgan fingerprint density at radius 3 is 2.42 bits per heavy atom. The van der Waals surface area contributed by atoms with Gasteiger partial charge >= 0.3 is 0 Å². The molecule has 0 atom stereocenters. The second-order valence-corrected chi connectivity index (χ2v) is 5.14. The molecule has 0 radical (unpaired) electrons. The fourth-order valence-electron chi connectivity index (χ4n) is 2.12. The van der Waals surface area contributed by atoms with Gasteiger partial charge in [0.15, 0.2) is 11.6 Å². The van der Waals surface area contributed by atoms with E-state index in [0.717, 1.165) is 0 Å². The number of carbonyl (C=O) groups is 2. The lowest BCUT2D eigenvalue weighted by Crippen LogP contribution is -2.22. The summed E-state index contributed by atoms with van der Waals surface area (Å²) in [5.41, 5.74) is 1.71. The number of benzene rings is 2. The molecule has 0 fully saturated rings. The third-order valence-corrected chi connectivity index (χ3v) is 3.22. The van der Waals surface area contributed by atoms with E-state index < -0.39 is 5.82 Å². The lowest BCUT2D eigenvalue weighted by atomic mass is 10.1. The minimum atomic E-state index is -0.455. The SMILES string of the molecule is CCOc1ccc(CNC(=O)c2ccc(NC(C)=O)cc2)cc1F. The highest BCUT2D eigenvalue weighted by Gasteiger charge is 2.08. The molecule has 0 saturated carbocycles. The maximum atomic E-state index is 13.8. The van der Waals surface area contributed by atoms with Crippen molar-refractivity contribution in [2.24, 2.45) is 0 Å². The topological polar surface area (TPSA) is 67.4 Å². The molecule has 2 rings (SSSR count). The average molecular weight is 330 g/mol. The molecular formula is C18H19FN2O3. The summed E-state index contributed by atoms with van der Waals surface area (Å²) in [6.45, 7) is 3.79. The highest BCUT2D eigenvalue weighted by molar-refractivity contribution is 5.95. The van der Waals surface area contributed by atoms with Crippen LogP contribution in [0.15, 0.2) is 42.5 Å². The van der Waals surface area contributed by atoms with Gasteiger partial charge in [-0.2, -0.15) is 0 Å². The van der Waals surface area contributed by atoms with Gasteiger partial charge in [0.25, 0.3) is 5.91 Å². The van der Waals surface area contributed by atoms with E-state index in [1.807, 2.05) is 0 Å². The first kappa shape index (κ1) is 17.5. The number of rotatable bonds is 6. The molecule has 0 aliphatic carbocycles. The van der Waals surface area contributed by atoms with Crippen molar-refractivity contribution in [3.8, 4) is 5.75 Å². The van der Waals surface area contributed by atoms with Crippen LogP contribution < -0.4 is 15.4 Å². The van der Waals surface area contributed by atoms with Crippen molar-refractivity contribution in [2.75, 3.05) is 11.9 Å². The fraction of sp³-hybridized carbons (Fsp3) is 0.222. The minimum absolute atomic E-state index is 0.176. The van der Waals surface area contributed by atoms with Gasteiger partial charge in [0.2, 0.25) is 5.91 Å². The second-order valence-electron chi connectivity index (χ2n) is 5.14. The number of hydrogen-bond donors (Lipinski definition) is 2. The van der Waals surface area contributed by atoms with E-state index in [9.17, 15) is 14.0 Å². The van der Waals surface area contributed by atoms with E-state index in [2.05, 4.69) is 10.6 Å². The molecule has 0 unspecified atom stereocenters. The standard InChI is InChI=1S/C18H19FN2O3/c1-3-24-17-9-4-13(10-16(17)19)11-20-18(23)14-5-7-15(8-6-14)21-12(2)22/h4-10H,3,11H2,1-2H3,(H,20,23)(H,21,22). The van der Waals surface area contributed by atoms with Crippen LogP contribution in [0, 0.1) is 5.82 Å². The van der Waals surface area contributed by atoms with Gasteiger partial charge in [-0.05, 0) is 48.9 Å². The largest absolute Gasteiger partial charge is 0.491 e. The zero-order chi connectivity index (χ0) is 17.5. The Balaban J connectivity index is 1.95. The molecular weight excluding hydrogens is 311 g/mol. The van der Waals surface area contributed by atoms with Crippen LogP contribution in [-0.2, 0) is 11.3 Å². The summed E-state index contributed by atoms with van der Waals surface area (Å²) in [6, 6.07) is 11.1. The monoisotopic (exact) mass is 330 g/mol. The van der Waals surface area contributed by atoms with Crippen LogP contribution in [0.25, 0.3) is 0 Å². The van der Waals surface area contributed by atoms with Crippen LogP contribution in [0.5, 0.6) is 5.75 Å². The smallest absolute Gasteiger partial charge is 0.251 e. The van der Waals surface area contributed by atoms with Gasteiger partial charge in [-0.3, -0.25) is 9.59 Å². The molecule has 5 nitrogen and oxygen atoms in total. The third kappa shape index (κ3) is 4.81. The van der Waals surface area contributed by atoms with Crippen molar-refractivity contribution in [3.05, 3.63) is 59.4 Å². The fourth-order valence-corrected chi connectivity index (χ4v) is 2.12. The van der Waals surface area contributed by atoms with Crippen molar-refractivity contribution < 1.29 is 18.7 Å². The zero-order valence-corrected chi connectivity index (χ0v) is 13.6. The molecule has 0 bridgehead atoms. The summed E-state index contributed by atoms with van der Waals surface area (Å²) in [7, 11) is 0. The first-order chi connectivity index (χ1) is 11.5. The first-order valence-corrected chi connectivity index (χ1v) is 7.56. The molecule has 0 spiro atoms. The maximum absolute atomic E-state index is 13.8. The number of nitrogens with one attached hydrogen (secondary N) is 2. The van der Waals surface area contributed by atoms with E-state index in [1.54, 1.807) is 43.3 Å². The number of carbonyl (C=O) groups excluding carboxylic acids is 2. The van der Waals surface area contributed by atoms with Crippen molar-refractivity contribution in [1.29, 1.82) is 0 Å². The summed E-state index contributed by atoms with van der Waals surface area (Å²) < 4.78 is 18.9. The summed E-state index contributed by atoms with van der Waals surface area (Å²) in [4.78, 5) is 23.0. The third-order valence-electron chi connectivity index (χ3n) is 3.22. The molecule has 126 valence electrons. The van der Waals surface area contributed by atoms with Gasteiger partial charge in [0, 0.05) is 24.7 Å². The Kier molecular flexibility index (Phi) is 5.89. The van der Waals surface area contributed by atoms with Crippen molar-refractivity contribution in [1.82, 2.24) is 5.32 Å². The number of hydrogen-bond acceptors (Lipinski definition) is 3. The zero-order valence-electron chi connectivity index (χ0n) is 13.6. The summed E-state index contributed by atoms with van der Waals surface area (Å²) in [6.07, 6.45) is 0. The Morgan fingerprint density at radius 1 is 1.12 bits per heavy atom. The molecule has 2 aromatic carbocycles. The van der Waals surface area contributed by atoms with Gasteiger partial charge in [-0.15, -0.1) is 0 Å². The van der Waals surface area contributed by atoms with Crippen LogP contribution in [-0.4, -0.2) is 18.4 Å². The Bertz CT molecular complexity index is 730. The quantitative estimate of drug-likeness (QED) is 0.855. The number of amides is 2. The van der Waals surface area contributed by atoms with Crippen molar-refractivity contribution >= 4 is 17.5 Å². The molecule has 0 heterocycles. The number of halogens is 1. The molecule has 2 aromatic rings. The summed E-state index contributed by atoms with van der Waals surface area (Å²) >= 11 is 0. The molecule has 0 aliphatic rings. The van der Waals surface area contributed by atoms with Crippen LogP contribution in [0.2, 0.25) is 0 Å². The van der Waals surface area contributed by atoms with E-state index in [0.29, 0.717) is 23.4 Å². The van der Waals surface area contributed by atoms with Crippen molar-refractivity contribution in [3.63, 3.8) is 0 Å². The van der Waals surface area contributed by atoms with Crippen molar-refractivity contribution in [2.45, 2.75) is 20.4 Å². The molecule has 0 aromatic heterocycles. The van der Waals surface area contributed by atoms with Crippen LogP contribution in [0.3, 0.4) is 0 Å². The minimum Gasteiger partial charge on any atom is -0.491 e. The van der Waals surface area contributed by atoms with E-state index in [1.165, 1.54) is 13.0 Å². The summed E-state index contributed by atoms with van der Waals surface area (Å²) in [5, 5.41) is 5.35. The predicted octanol–water partition coefficient (Wildman–Crippen LogP) is 3.11. The normalized spacial score (nSPS) is 10.1. The lowest BCUT2D eigenvalue weighted by Gasteiger charge is -2.09.